The van der Waals surface area contributed by atoms with Gasteiger partial charge in [0.1, 0.15) is 8.07 Å². The topological polar surface area (TPSA) is 0 Å². The van der Waals surface area contributed by atoms with E-state index in [1.807, 2.05) is 0 Å². The summed E-state index contributed by atoms with van der Waals surface area (Å²) in [6.45, 7) is 10.1. The summed E-state index contributed by atoms with van der Waals surface area (Å²) in [5.41, 5.74) is 2.88. The van der Waals surface area contributed by atoms with Crippen LogP contribution in [0.3, 0.4) is 0 Å². The van der Waals surface area contributed by atoms with Crippen molar-refractivity contribution in [3.05, 3.63) is 126 Å². The summed E-state index contributed by atoms with van der Waals surface area (Å²) in [5, 5.41) is 4.91. The van der Waals surface area contributed by atoms with Crippen molar-refractivity contribution in [1.29, 1.82) is 0 Å². The Labute approximate surface area is 208 Å². The minimum Gasteiger partial charge on any atom is -0.0675 e. The van der Waals surface area contributed by atoms with Crippen molar-refractivity contribution in [2.24, 2.45) is 0 Å². The molecule has 0 fully saturated rings. The molecule has 0 bridgehead atoms. The van der Waals surface area contributed by atoms with Gasteiger partial charge in [-0.15, -0.1) is 0 Å². The quantitative estimate of drug-likeness (QED) is 0.226. The van der Waals surface area contributed by atoms with E-state index in [1.54, 1.807) is 15.6 Å². The van der Waals surface area contributed by atoms with Gasteiger partial charge in [0.25, 0.3) is 0 Å². The van der Waals surface area contributed by atoms with Crippen LogP contribution >= 0.6 is 0 Å². The fourth-order valence-corrected chi connectivity index (χ4v) is 13.9. The maximum atomic E-state index is 2.64. The lowest BCUT2D eigenvalue weighted by molar-refractivity contribution is 0.895. The normalized spacial score (nSPS) is 15.0. The Kier molecular flexibility index (Phi) is 7.70. The van der Waals surface area contributed by atoms with E-state index in [4.69, 9.17) is 0 Å². The van der Waals surface area contributed by atoms with Gasteiger partial charge in [0, 0.05) is 5.92 Å². The van der Waals surface area contributed by atoms with Crippen molar-refractivity contribution < 1.29 is 0 Å². The van der Waals surface area contributed by atoms with Crippen LogP contribution in [-0.2, 0) is 0 Å². The molecule has 2 heteroatoms. The molecule has 34 heavy (non-hydrogen) atoms. The third-order valence-corrected chi connectivity index (χ3v) is 17.6. The van der Waals surface area contributed by atoms with Gasteiger partial charge >= 0.3 is 0 Å². The van der Waals surface area contributed by atoms with Gasteiger partial charge in [0.05, 0.1) is 8.07 Å². The van der Waals surface area contributed by atoms with E-state index in [1.165, 1.54) is 29.3 Å². The second-order valence-corrected chi connectivity index (χ2v) is 19.4. The van der Waals surface area contributed by atoms with Crippen molar-refractivity contribution in [2.45, 2.75) is 51.0 Å². The van der Waals surface area contributed by atoms with E-state index in [2.05, 4.69) is 142 Å². The maximum absolute atomic E-state index is 2.64. The van der Waals surface area contributed by atoms with Gasteiger partial charge < -0.3 is 0 Å². The Hall–Kier alpha value is -2.69. The van der Waals surface area contributed by atoms with Crippen LogP contribution in [0.5, 0.6) is 0 Å². The van der Waals surface area contributed by atoms with Crippen molar-refractivity contribution in [3.63, 3.8) is 0 Å². The first-order valence-electron chi connectivity index (χ1n) is 12.8. The van der Waals surface area contributed by atoms with Crippen LogP contribution in [0.25, 0.3) is 0 Å². The van der Waals surface area contributed by atoms with Crippen molar-refractivity contribution in [3.8, 4) is 0 Å². The zero-order valence-corrected chi connectivity index (χ0v) is 23.2. The largest absolute Gasteiger partial charge is 0.114 e. The predicted molar refractivity (Wildman–Crippen MR) is 156 cm³/mol. The van der Waals surface area contributed by atoms with Crippen molar-refractivity contribution in [2.75, 3.05) is 0 Å². The Bertz CT molecular complexity index is 1130. The van der Waals surface area contributed by atoms with Gasteiger partial charge in [-0.1, -0.05) is 170 Å². The minimum absolute atomic E-state index is 0.429. The standard InChI is InChI=1S/C32H38Si2/c1-5-33(3,26-30(27-18-10-7-11-19-27)28-20-12-8-13-21-28)31-24-16-17-25-32(31)34(4,6-2)29-22-14-9-15-23-29/h7-25,30H,5-6,26H2,1-4H3/t33-,34+/m0/s1. The van der Waals surface area contributed by atoms with Gasteiger partial charge in [-0.05, 0) is 17.2 Å². The molecule has 174 valence electrons. The lowest BCUT2D eigenvalue weighted by atomic mass is 9.93. The van der Waals surface area contributed by atoms with Gasteiger partial charge in [0.2, 0.25) is 0 Å². The number of rotatable bonds is 9. The molecule has 0 aliphatic rings. The summed E-state index contributed by atoms with van der Waals surface area (Å²) >= 11 is 0. The van der Waals surface area contributed by atoms with E-state index in [9.17, 15) is 0 Å². The lowest BCUT2D eigenvalue weighted by Crippen LogP contribution is -2.65. The Balaban J connectivity index is 1.83. The molecular formula is C32H38Si2. The highest BCUT2D eigenvalue weighted by Gasteiger charge is 2.39. The highest BCUT2D eigenvalue weighted by atomic mass is 28.3. The molecule has 0 heterocycles. The van der Waals surface area contributed by atoms with E-state index in [-0.39, 0.29) is 0 Å². The first-order chi connectivity index (χ1) is 16.5. The molecule has 0 amide bonds. The third-order valence-electron chi connectivity index (χ3n) is 8.13. The first-order valence-corrected chi connectivity index (χ1v) is 18.4. The predicted octanol–water partition coefficient (Wildman–Crippen LogP) is 7.04. The summed E-state index contributed by atoms with van der Waals surface area (Å²) in [6.07, 6.45) is 0. The Morgan fingerprint density at radius 2 is 0.971 bits per heavy atom. The zero-order valence-electron chi connectivity index (χ0n) is 21.2. The van der Waals surface area contributed by atoms with Crippen LogP contribution in [0.1, 0.15) is 30.9 Å². The zero-order chi connectivity index (χ0) is 24.0. The summed E-state index contributed by atoms with van der Waals surface area (Å²) in [5.74, 6) is 0.429. The van der Waals surface area contributed by atoms with E-state index in [0.29, 0.717) is 5.92 Å². The van der Waals surface area contributed by atoms with Crippen LogP contribution in [-0.4, -0.2) is 16.1 Å². The number of hydrogen-bond acceptors (Lipinski definition) is 0. The molecule has 0 saturated heterocycles. The van der Waals surface area contributed by atoms with Crippen LogP contribution in [0, 0.1) is 0 Å². The molecule has 2 atom stereocenters. The molecule has 0 radical (unpaired) electrons. The average molecular weight is 479 g/mol. The molecule has 0 aromatic heterocycles. The molecule has 4 aromatic carbocycles. The van der Waals surface area contributed by atoms with Crippen LogP contribution in [0.15, 0.2) is 115 Å². The minimum atomic E-state index is -1.82. The molecule has 0 aliphatic carbocycles. The van der Waals surface area contributed by atoms with Gasteiger partial charge in [0.15, 0.2) is 0 Å². The van der Waals surface area contributed by atoms with Gasteiger partial charge in [-0.2, -0.15) is 0 Å². The highest BCUT2D eigenvalue weighted by molar-refractivity contribution is 7.06. The summed E-state index contributed by atoms with van der Waals surface area (Å²) in [6, 6.07) is 46.9. The molecular weight excluding hydrogens is 441 g/mol. The van der Waals surface area contributed by atoms with E-state index >= 15 is 0 Å². The van der Waals surface area contributed by atoms with Crippen molar-refractivity contribution >= 4 is 31.7 Å². The SMILES string of the molecule is CC[Si@@](C)(CC(c1ccccc1)c1ccccc1)c1ccccc1[Si@](C)(CC)c1ccccc1. The second-order valence-electron chi connectivity index (χ2n) is 10.1. The molecule has 4 rings (SSSR count). The average Bonchev–Trinajstić information content (AvgIpc) is 2.92. The highest BCUT2D eigenvalue weighted by Crippen LogP contribution is 2.34. The second kappa shape index (κ2) is 10.7. The summed E-state index contributed by atoms with van der Waals surface area (Å²) in [7, 11) is -3.62. The Morgan fingerprint density at radius 3 is 1.44 bits per heavy atom. The molecule has 0 saturated carbocycles. The number of hydrogen-bond donors (Lipinski definition) is 0. The van der Waals surface area contributed by atoms with E-state index < -0.39 is 16.1 Å². The molecule has 0 spiro atoms. The Morgan fingerprint density at radius 1 is 0.529 bits per heavy atom. The van der Waals surface area contributed by atoms with Gasteiger partial charge in [-0.25, -0.2) is 0 Å². The van der Waals surface area contributed by atoms with Crippen LogP contribution in [0.2, 0.25) is 31.2 Å². The molecule has 0 unspecified atom stereocenters. The van der Waals surface area contributed by atoms with E-state index in [0.717, 1.165) is 0 Å². The van der Waals surface area contributed by atoms with Gasteiger partial charge in [-0.3, -0.25) is 0 Å². The molecule has 0 nitrogen and oxygen atoms in total. The fraction of sp³-hybridized carbons (Fsp3) is 0.250. The van der Waals surface area contributed by atoms with Crippen molar-refractivity contribution in [1.82, 2.24) is 0 Å². The summed E-state index contributed by atoms with van der Waals surface area (Å²) in [4.78, 5) is 0. The van der Waals surface area contributed by atoms with Crippen LogP contribution < -0.4 is 15.6 Å². The number of benzene rings is 4. The van der Waals surface area contributed by atoms with Crippen LogP contribution in [0.4, 0.5) is 0 Å². The summed E-state index contributed by atoms with van der Waals surface area (Å²) < 4.78 is 0. The fourth-order valence-electron chi connectivity index (χ4n) is 5.54. The first kappa shape index (κ1) is 24.4. The molecule has 4 aromatic rings. The maximum Gasteiger partial charge on any atom is 0.114 e. The molecule has 0 aliphatic heterocycles. The smallest absolute Gasteiger partial charge is 0.0675 e. The third kappa shape index (κ3) is 4.89. The lowest BCUT2D eigenvalue weighted by Gasteiger charge is -2.38. The molecule has 0 N–H and O–H groups in total. The monoisotopic (exact) mass is 478 g/mol.